The number of nitrogens with two attached hydrogens (primary N) is 1. The first kappa shape index (κ1) is 13.0. The first-order valence-electron chi connectivity index (χ1n) is 6.95. The molecule has 0 bridgehead atoms. The van der Waals surface area contributed by atoms with Crippen molar-refractivity contribution in [2.24, 2.45) is 5.73 Å². The molecule has 0 spiro atoms. The van der Waals surface area contributed by atoms with Crippen LogP contribution in [-0.2, 0) is 6.42 Å². The van der Waals surface area contributed by atoms with Crippen molar-refractivity contribution in [2.45, 2.75) is 25.5 Å². The SMILES string of the molecule is CC(N)c1ccc(OCC2Cc3ccccc3O2)cc1. The van der Waals surface area contributed by atoms with Crippen molar-refractivity contribution in [3.63, 3.8) is 0 Å². The molecule has 2 aromatic rings. The molecule has 1 aliphatic heterocycles. The molecule has 2 atom stereocenters. The summed E-state index contributed by atoms with van der Waals surface area (Å²) in [5, 5.41) is 0. The minimum atomic E-state index is 0.0525. The lowest BCUT2D eigenvalue weighted by atomic mass is 10.1. The van der Waals surface area contributed by atoms with Gasteiger partial charge in [-0.25, -0.2) is 0 Å². The van der Waals surface area contributed by atoms with Crippen LogP contribution in [0.25, 0.3) is 0 Å². The molecule has 0 amide bonds. The van der Waals surface area contributed by atoms with E-state index in [0.29, 0.717) is 6.61 Å². The van der Waals surface area contributed by atoms with Gasteiger partial charge in [-0.15, -0.1) is 0 Å². The first-order valence-corrected chi connectivity index (χ1v) is 6.95. The third-order valence-electron chi connectivity index (χ3n) is 3.56. The van der Waals surface area contributed by atoms with E-state index in [0.717, 1.165) is 23.5 Å². The molecule has 1 heterocycles. The van der Waals surface area contributed by atoms with E-state index in [1.54, 1.807) is 0 Å². The second-order valence-electron chi connectivity index (χ2n) is 5.22. The van der Waals surface area contributed by atoms with Gasteiger partial charge in [-0.2, -0.15) is 0 Å². The van der Waals surface area contributed by atoms with Gasteiger partial charge < -0.3 is 15.2 Å². The van der Waals surface area contributed by atoms with Crippen LogP contribution in [0.3, 0.4) is 0 Å². The largest absolute Gasteiger partial charge is 0.490 e. The van der Waals surface area contributed by atoms with Crippen molar-refractivity contribution in [2.75, 3.05) is 6.61 Å². The summed E-state index contributed by atoms with van der Waals surface area (Å²) in [6.07, 6.45) is 1.01. The normalized spacial score (nSPS) is 18.2. The number of benzene rings is 2. The zero-order valence-electron chi connectivity index (χ0n) is 11.6. The van der Waals surface area contributed by atoms with Crippen molar-refractivity contribution in [3.8, 4) is 11.5 Å². The Balaban J connectivity index is 1.56. The minimum absolute atomic E-state index is 0.0525. The highest BCUT2D eigenvalue weighted by Crippen LogP contribution is 2.28. The van der Waals surface area contributed by atoms with Gasteiger partial charge in [0.1, 0.15) is 24.2 Å². The van der Waals surface area contributed by atoms with Gasteiger partial charge in [-0.1, -0.05) is 30.3 Å². The highest BCUT2D eigenvalue weighted by atomic mass is 16.5. The summed E-state index contributed by atoms with van der Waals surface area (Å²) in [6.45, 7) is 2.53. The molecule has 1 aliphatic rings. The average Bonchev–Trinajstić information content (AvgIpc) is 2.88. The highest BCUT2D eigenvalue weighted by Gasteiger charge is 2.22. The zero-order valence-corrected chi connectivity index (χ0v) is 11.6. The van der Waals surface area contributed by atoms with Crippen LogP contribution in [0.1, 0.15) is 24.1 Å². The van der Waals surface area contributed by atoms with E-state index in [1.807, 2.05) is 49.4 Å². The summed E-state index contributed by atoms with van der Waals surface area (Å²) in [5.74, 6) is 1.84. The first-order chi connectivity index (χ1) is 9.72. The lowest BCUT2D eigenvalue weighted by molar-refractivity contribution is 0.148. The van der Waals surface area contributed by atoms with Crippen molar-refractivity contribution in [3.05, 3.63) is 59.7 Å². The van der Waals surface area contributed by atoms with Crippen LogP contribution in [0.15, 0.2) is 48.5 Å². The topological polar surface area (TPSA) is 44.5 Å². The van der Waals surface area contributed by atoms with Crippen molar-refractivity contribution >= 4 is 0 Å². The summed E-state index contributed by atoms with van der Waals surface area (Å²) in [7, 11) is 0. The van der Waals surface area contributed by atoms with E-state index >= 15 is 0 Å². The van der Waals surface area contributed by atoms with E-state index in [-0.39, 0.29) is 12.1 Å². The third-order valence-corrected chi connectivity index (χ3v) is 3.56. The summed E-state index contributed by atoms with van der Waals surface area (Å²) in [6, 6.07) is 16.1. The maximum absolute atomic E-state index is 5.85. The molecule has 3 nitrogen and oxygen atoms in total. The van der Waals surface area contributed by atoms with Gasteiger partial charge in [0.15, 0.2) is 0 Å². The molecule has 0 aromatic heterocycles. The predicted molar refractivity (Wildman–Crippen MR) is 79.1 cm³/mol. The Morgan fingerprint density at radius 3 is 2.65 bits per heavy atom. The number of rotatable bonds is 4. The van der Waals surface area contributed by atoms with Gasteiger partial charge in [-0.05, 0) is 36.2 Å². The molecule has 0 saturated heterocycles. The van der Waals surface area contributed by atoms with Gasteiger partial charge in [-0.3, -0.25) is 0 Å². The second-order valence-corrected chi connectivity index (χ2v) is 5.22. The smallest absolute Gasteiger partial charge is 0.137 e. The third kappa shape index (κ3) is 2.78. The second kappa shape index (κ2) is 5.55. The highest BCUT2D eigenvalue weighted by molar-refractivity contribution is 5.37. The quantitative estimate of drug-likeness (QED) is 0.927. The van der Waals surface area contributed by atoms with Crippen LogP contribution in [0, 0.1) is 0 Å². The van der Waals surface area contributed by atoms with Crippen LogP contribution in [0.4, 0.5) is 0 Å². The number of hydrogen-bond acceptors (Lipinski definition) is 3. The van der Waals surface area contributed by atoms with Crippen molar-refractivity contribution < 1.29 is 9.47 Å². The number of hydrogen-bond donors (Lipinski definition) is 1. The molecular weight excluding hydrogens is 250 g/mol. The van der Waals surface area contributed by atoms with Gasteiger partial charge in [0, 0.05) is 12.5 Å². The average molecular weight is 269 g/mol. The monoisotopic (exact) mass is 269 g/mol. The molecule has 0 radical (unpaired) electrons. The lowest BCUT2D eigenvalue weighted by Crippen LogP contribution is -2.22. The molecule has 20 heavy (non-hydrogen) atoms. The Labute approximate surface area is 119 Å². The summed E-state index contributed by atoms with van der Waals surface area (Å²) < 4.78 is 11.6. The van der Waals surface area contributed by atoms with E-state index < -0.39 is 0 Å². The fraction of sp³-hybridized carbons (Fsp3) is 0.294. The molecular formula is C17H19NO2. The molecule has 2 aromatic carbocycles. The van der Waals surface area contributed by atoms with E-state index in [9.17, 15) is 0 Å². The molecule has 0 aliphatic carbocycles. The maximum atomic E-state index is 5.85. The molecule has 3 rings (SSSR count). The Kier molecular flexibility index (Phi) is 3.61. The lowest BCUT2D eigenvalue weighted by Gasteiger charge is -2.13. The molecule has 3 heteroatoms. The van der Waals surface area contributed by atoms with Crippen LogP contribution < -0.4 is 15.2 Å². The Morgan fingerprint density at radius 1 is 1.20 bits per heavy atom. The Hall–Kier alpha value is -2.00. The predicted octanol–water partition coefficient (Wildman–Crippen LogP) is 3.09. The van der Waals surface area contributed by atoms with E-state index in [2.05, 4.69) is 6.07 Å². The summed E-state index contributed by atoms with van der Waals surface area (Å²) >= 11 is 0. The number of ether oxygens (including phenoxy) is 2. The van der Waals surface area contributed by atoms with Crippen molar-refractivity contribution in [1.82, 2.24) is 0 Å². The van der Waals surface area contributed by atoms with Gasteiger partial charge in [0.25, 0.3) is 0 Å². The summed E-state index contributed by atoms with van der Waals surface area (Å²) in [4.78, 5) is 0. The fourth-order valence-corrected chi connectivity index (χ4v) is 2.40. The van der Waals surface area contributed by atoms with E-state index in [4.69, 9.17) is 15.2 Å². The number of para-hydroxylation sites is 1. The Morgan fingerprint density at radius 2 is 1.95 bits per heavy atom. The number of fused-ring (bicyclic) bond motifs is 1. The van der Waals surface area contributed by atoms with Crippen molar-refractivity contribution in [1.29, 1.82) is 0 Å². The zero-order chi connectivity index (χ0) is 13.9. The summed E-state index contributed by atoms with van der Waals surface area (Å²) in [5.41, 5.74) is 8.20. The van der Waals surface area contributed by atoms with Gasteiger partial charge in [0.2, 0.25) is 0 Å². The van der Waals surface area contributed by atoms with Gasteiger partial charge in [0.05, 0.1) is 0 Å². The molecule has 2 N–H and O–H groups in total. The molecule has 0 saturated carbocycles. The maximum Gasteiger partial charge on any atom is 0.137 e. The van der Waals surface area contributed by atoms with E-state index in [1.165, 1.54) is 5.56 Å². The minimum Gasteiger partial charge on any atom is -0.490 e. The fourth-order valence-electron chi connectivity index (χ4n) is 2.40. The molecule has 104 valence electrons. The Bertz CT molecular complexity index is 553. The standard InChI is InChI=1S/C17H19NO2/c1-12(18)13-6-8-15(9-7-13)19-11-16-10-14-4-2-3-5-17(14)20-16/h2-9,12,16H,10-11,18H2,1H3. The van der Waals surface area contributed by atoms with Crippen LogP contribution in [-0.4, -0.2) is 12.7 Å². The van der Waals surface area contributed by atoms with Crippen LogP contribution in [0.2, 0.25) is 0 Å². The van der Waals surface area contributed by atoms with Gasteiger partial charge >= 0.3 is 0 Å². The molecule has 2 unspecified atom stereocenters. The van der Waals surface area contributed by atoms with Crippen LogP contribution >= 0.6 is 0 Å². The van der Waals surface area contributed by atoms with Crippen LogP contribution in [0.5, 0.6) is 11.5 Å². The molecule has 0 fully saturated rings.